The number of likely N-dealkylation sites (N-methyl/N-ethyl adjacent to an activating group) is 1. The van der Waals surface area contributed by atoms with Crippen LogP contribution in [-0.4, -0.2) is 47.3 Å². The highest BCUT2D eigenvalue weighted by atomic mass is 35.5. The Morgan fingerprint density at radius 1 is 1.26 bits per heavy atom. The maximum absolute atomic E-state index is 13.3. The fraction of sp³-hybridized carbons (Fsp3) is 0.318. The Balaban J connectivity index is 1.48. The lowest BCUT2D eigenvalue weighted by molar-refractivity contribution is -0.127. The molecule has 0 saturated carbocycles. The molecule has 0 unspecified atom stereocenters. The van der Waals surface area contributed by atoms with E-state index in [2.05, 4.69) is 10.6 Å². The lowest BCUT2D eigenvalue weighted by Gasteiger charge is -2.33. The number of carbonyl (C=O) groups excluding carboxylic acids is 3. The van der Waals surface area contributed by atoms with Crippen molar-refractivity contribution < 1.29 is 18.8 Å². The molecule has 31 heavy (non-hydrogen) atoms. The van der Waals surface area contributed by atoms with E-state index in [1.165, 1.54) is 0 Å². The molecule has 0 fully saturated rings. The zero-order valence-electron chi connectivity index (χ0n) is 17.1. The van der Waals surface area contributed by atoms with E-state index < -0.39 is 6.04 Å². The van der Waals surface area contributed by atoms with Crippen LogP contribution in [0.4, 0.5) is 4.79 Å². The summed E-state index contributed by atoms with van der Waals surface area (Å²) >= 11 is 6.36. The van der Waals surface area contributed by atoms with Gasteiger partial charge in [-0.15, -0.1) is 0 Å². The molecule has 1 atom stereocenters. The van der Waals surface area contributed by atoms with Crippen molar-refractivity contribution in [3.05, 3.63) is 70.3 Å². The van der Waals surface area contributed by atoms with Crippen LogP contribution >= 0.6 is 11.6 Å². The number of rotatable bonds is 7. The molecule has 2 N–H and O–H groups in total. The zero-order valence-corrected chi connectivity index (χ0v) is 17.8. The molecule has 2 aliphatic rings. The normalized spacial score (nSPS) is 18.3. The minimum absolute atomic E-state index is 0.150. The zero-order chi connectivity index (χ0) is 22.0. The van der Waals surface area contributed by atoms with Crippen molar-refractivity contribution in [1.82, 2.24) is 20.4 Å². The molecule has 1 aromatic heterocycles. The van der Waals surface area contributed by atoms with Crippen molar-refractivity contribution in [1.29, 1.82) is 0 Å². The number of hydrogen-bond donors (Lipinski definition) is 2. The van der Waals surface area contributed by atoms with E-state index in [9.17, 15) is 14.4 Å². The first-order chi connectivity index (χ1) is 15.0. The number of nitrogens with one attached hydrogen (secondary N) is 2. The number of hydrogen-bond acceptors (Lipinski definition) is 4. The van der Waals surface area contributed by atoms with Crippen LogP contribution in [0.3, 0.4) is 0 Å². The number of furan rings is 1. The maximum Gasteiger partial charge on any atom is 0.322 e. The second kappa shape index (κ2) is 8.85. The van der Waals surface area contributed by atoms with Crippen LogP contribution in [0.1, 0.15) is 30.7 Å². The van der Waals surface area contributed by atoms with Gasteiger partial charge in [0.1, 0.15) is 5.76 Å². The molecule has 0 aliphatic carbocycles. The highest BCUT2D eigenvalue weighted by Gasteiger charge is 2.43. The smallest absolute Gasteiger partial charge is 0.322 e. The Hall–Kier alpha value is -3.26. The predicted molar refractivity (Wildman–Crippen MR) is 114 cm³/mol. The topological polar surface area (TPSA) is 94.9 Å². The summed E-state index contributed by atoms with van der Waals surface area (Å²) in [6.45, 7) is 3.11. The molecule has 162 valence electrons. The number of halogens is 1. The van der Waals surface area contributed by atoms with Crippen LogP contribution in [0, 0.1) is 0 Å². The number of benzene rings is 1. The summed E-state index contributed by atoms with van der Waals surface area (Å²) < 4.78 is 5.20. The van der Waals surface area contributed by atoms with Gasteiger partial charge >= 0.3 is 6.03 Å². The van der Waals surface area contributed by atoms with Crippen molar-refractivity contribution in [3.8, 4) is 0 Å². The molecule has 3 heterocycles. The molecule has 0 radical (unpaired) electrons. The summed E-state index contributed by atoms with van der Waals surface area (Å²) in [5, 5.41) is 6.16. The third-order valence-corrected chi connectivity index (χ3v) is 5.82. The average molecular weight is 443 g/mol. The lowest BCUT2D eigenvalue weighted by Crippen LogP contribution is -2.47. The molecule has 0 saturated heterocycles. The largest absolute Gasteiger partial charge is 0.467 e. The van der Waals surface area contributed by atoms with Gasteiger partial charge in [-0.3, -0.25) is 14.5 Å². The monoisotopic (exact) mass is 442 g/mol. The molecule has 0 bridgehead atoms. The van der Waals surface area contributed by atoms with Gasteiger partial charge in [0.25, 0.3) is 5.91 Å². The minimum Gasteiger partial charge on any atom is -0.467 e. The Kier molecular flexibility index (Phi) is 5.99. The van der Waals surface area contributed by atoms with E-state index >= 15 is 0 Å². The molecule has 9 heteroatoms. The van der Waals surface area contributed by atoms with Crippen molar-refractivity contribution in [2.45, 2.75) is 25.9 Å². The van der Waals surface area contributed by atoms with Gasteiger partial charge in [0.05, 0.1) is 36.7 Å². The van der Waals surface area contributed by atoms with Gasteiger partial charge in [-0.25, -0.2) is 4.79 Å². The van der Waals surface area contributed by atoms with Gasteiger partial charge < -0.3 is 20.0 Å². The fourth-order valence-corrected chi connectivity index (χ4v) is 4.17. The second-order valence-corrected chi connectivity index (χ2v) is 7.75. The molecule has 4 rings (SSSR count). The number of urea groups is 1. The lowest BCUT2D eigenvalue weighted by atomic mass is 9.95. The van der Waals surface area contributed by atoms with E-state index in [4.69, 9.17) is 16.0 Å². The number of carbonyl (C=O) groups is 3. The van der Waals surface area contributed by atoms with Crippen molar-refractivity contribution in [2.75, 3.05) is 19.6 Å². The number of nitrogens with zero attached hydrogens (tertiary/aromatic N) is 2. The first-order valence-electron chi connectivity index (χ1n) is 10.1. The minimum atomic E-state index is -0.621. The summed E-state index contributed by atoms with van der Waals surface area (Å²) in [5.74, 6) is 0.281. The standard InChI is InChI=1S/C22H23ClN4O4/c1-2-27-17-13-26(10-9-18(28)24-12-14-6-5-11-31-14)21(29)19(17)20(25-22(27)30)15-7-3-4-8-16(15)23/h3-8,11,20H,2,9-10,12-13H2,1H3,(H,24,28)(H,25,30)/t20-/m0/s1. The van der Waals surface area contributed by atoms with Gasteiger partial charge in [0, 0.05) is 24.5 Å². The van der Waals surface area contributed by atoms with Gasteiger partial charge in [0.15, 0.2) is 0 Å². The third kappa shape index (κ3) is 4.16. The van der Waals surface area contributed by atoms with E-state index in [1.807, 2.05) is 13.0 Å². The summed E-state index contributed by atoms with van der Waals surface area (Å²) in [6.07, 6.45) is 1.70. The van der Waals surface area contributed by atoms with Crippen LogP contribution in [-0.2, 0) is 16.1 Å². The van der Waals surface area contributed by atoms with Gasteiger partial charge in [-0.2, -0.15) is 0 Å². The first-order valence-corrected chi connectivity index (χ1v) is 10.5. The molecule has 4 amide bonds. The third-order valence-electron chi connectivity index (χ3n) is 5.48. The van der Waals surface area contributed by atoms with Crippen LogP contribution in [0.25, 0.3) is 0 Å². The molecule has 2 aliphatic heterocycles. The Labute approximate surface area is 184 Å². The summed E-state index contributed by atoms with van der Waals surface area (Å²) in [5.41, 5.74) is 1.84. The molecular weight excluding hydrogens is 420 g/mol. The van der Waals surface area contributed by atoms with Crippen LogP contribution in [0.5, 0.6) is 0 Å². The molecule has 8 nitrogen and oxygen atoms in total. The molecule has 0 spiro atoms. The van der Waals surface area contributed by atoms with Gasteiger partial charge in [-0.05, 0) is 30.7 Å². The Bertz CT molecular complexity index is 1030. The van der Waals surface area contributed by atoms with E-state index in [0.717, 1.165) is 0 Å². The van der Waals surface area contributed by atoms with Crippen LogP contribution in [0.15, 0.2) is 58.3 Å². The van der Waals surface area contributed by atoms with Gasteiger partial charge in [0.2, 0.25) is 5.91 Å². The van der Waals surface area contributed by atoms with E-state index in [1.54, 1.807) is 46.4 Å². The molecule has 1 aromatic carbocycles. The predicted octanol–water partition coefficient (Wildman–Crippen LogP) is 2.82. The Morgan fingerprint density at radius 2 is 2.06 bits per heavy atom. The van der Waals surface area contributed by atoms with E-state index in [-0.39, 0.29) is 37.4 Å². The van der Waals surface area contributed by atoms with Crippen molar-refractivity contribution >= 4 is 29.4 Å². The first kappa shape index (κ1) is 21.0. The molecular formula is C22H23ClN4O4. The van der Waals surface area contributed by atoms with Crippen LogP contribution in [0.2, 0.25) is 5.02 Å². The van der Waals surface area contributed by atoms with Crippen molar-refractivity contribution in [2.24, 2.45) is 0 Å². The Morgan fingerprint density at radius 3 is 2.77 bits per heavy atom. The summed E-state index contributed by atoms with van der Waals surface area (Å²) in [4.78, 5) is 41.3. The van der Waals surface area contributed by atoms with Gasteiger partial charge in [-0.1, -0.05) is 29.8 Å². The number of amides is 4. The highest BCUT2D eigenvalue weighted by Crippen LogP contribution is 2.38. The SMILES string of the molecule is CCN1C(=O)N[C@@H](c2ccccc2Cl)C2=C1CN(CCC(=O)NCc1ccco1)C2=O. The van der Waals surface area contributed by atoms with Crippen molar-refractivity contribution in [3.63, 3.8) is 0 Å². The average Bonchev–Trinajstić information content (AvgIpc) is 3.39. The second-order valence-electron chi connectivity index (χ2n) is 7.34. The summed E-state index contributed by atoms with van der Waals surface area (Å²) in [7, 11) is 0. The van der Waals surface area contributed by atoms with Crippen LogP contribution < -0.4 is 10.6 Å². The van der Waals surface area contributed by atoms with E-state index in [0.29, 0.717) is 40.7 Å². The fourth-order valence-electron chi connectivity index (χ4n) is 3.93. The quantitative estimate of drug-likeness (QED) is 0.689. The highest BCUT2D eigenvalue weighted by molar-refractivity contribution is 6.31. The molecule has 2 aromatic rings. The maximum atomic E-state index is 13.3. The summed E-state index contributed by atoms with van der Waals surface area (Å²) in [6, 6.07) is 9.80.